The minimum atomic E-state index is 0.155. The number of hydrogen-bond donors (Lipinski definition) is 0. The third-order valence-electron chi connectivity index (χ3n) is 4.59. The predicted molar refractivity (Wildman–Crippen MR) is 109 cm³/mol. The van der Waals surface area contributed by atoms with Gasteiger partial charge in [0.2, 0.25) is 0 Å². The molecule has 0 aliphatic heterocycles. The van der Waals surface area contributed by atoms with Gasteiger partial charge in [0.15, 0.2) is 11.5 Å². The highest BCUT2D eigenvalue weighted by atomic mass is 35.5. The molecule has 0 radical (unpaired) electrons. The zero-order chi connectivity index (χ0) is 19.9. The van der Waals surface area contributed by atoms with Crippen LogP contribution in [0.15, 0.2) is 36.4 Å². The van der Waals surface area contributed by atoms with Crippen molar-refractivity contribution in [2.45, 2.75) is 39.5 Å². The van der Waals surface area contributed by atoms with Crippen LogP contribution in [-0.4, -0.2) is 26.1 Å². The Labute approximate surface area is 166 Å². The average molecular weight is 391 g/mol. The van der Waals surface area contributed by atoms with Gasteiger partial charge >= 0.3 is 0 Å². The molecule has 0 saturated carbocycles. The Hall–Kier alpha value is -2.20. The van der Waals surface area contributed by atoms with E-state index in [1.807, 2.05) is 19.1 Å². The molecular weight excluding hydrogens is 364 g/mol. The minimum absolute atomic E-state index is 0.155. The van der Waals surface area contributed by atoms with Crippen LogP contribution in [0.4, 0.5) is 0 Å². The first-order chi connectivity index (χ1) is 12.9. The van der Waals surface area contributed by atoms with E-state index in [-0.39, 0.29) is 5.41 Å². The van der Waals surface area contributed by atoms with E-state index in [2.05, 4.69) is 32.9 Å². The molecule has 0 aliphatic rings. The zero-order valence-electron chi connectivity index (χ0n) is 16.4. The number of aldehydes is 1. The standard InChI is InChI=1S/C22H27ClO4/c1-5-22(3,4)17-7-9-18(10-8-17)26-11-12-27-21-19(23)13-16(15-24)14-20(21)25-6-2/h7-10,13-15H,5-6,11-12H2,1-4H3. The summed E-state index contributed by atoms with van der Waals surface area (Å²) in [5.41, 5.74) is 1.89. The largest absolute Gasteiger partial charge is 0.490 e. The minimum Gasteiger partial charge on any atom is -0.490 e. The number of carbonyl (C=O) groups excluding carboxylic acids is 1. The molecule has 146 valence electrons. The third-order valence-corrected chi connectivity index (χ3v) is 4.87. The molecule has 0 unspecified atom stereocenters. The Balaban J connectivity index is 1.94. The lowest BCUT2D eigenvalue weighted by Crippen LogP contribution is -2.15. The van der Waals surface area contributed by atoms with Crippen molar-refractivity contribution in [3.05, 3.63) is 52.5 Å². The highest BCUT2D eigenvalue weighted by molar-refractivity contribution is 6.32. The third kappa shape index (κ3) is 5.64. The highest BCUT2D eigenvalue weighted by Gasteiger charge is 2.17. The Morgan fingerprint density at radius 3 is 2.26 bits per heavy atom. The van der Waals surface area contributed by atoms with Crippen LogP contribution in [0.2, 0.25) is 5.02 Å². The first-order valence-electron chi connectivity index (χ1n) is 9.19. The van der Waals surface area contributed by atoms with Crippen LogP contribution in [0, 0.1) is 0 Å². The van der Waals surface area contributed by atoms with Crippen molar-refractivity contribution in [3.8, 4) is 17.2 Å². The van der Waals surface area contributed by atoms with Gasteiger partial charge in [0.05, 0.1) is 11.6 Å². The van der Waals surface area contributed by atoms with Crippen molar-refractivity contribution >= 4 is 17.9 Å². The lowest BCUT2D eigenvalue weighted by Gasteiger charge is -2.23. The van der Waals surface area contributed by atoms with E-state index < -0.39 is 0 Å². The normalized spacial score (nSPS) is 11.1. The molecule has 0 spiro atoms. The molecule has 0 bridgehead atoms. The molecule has 0 heterocycles. The second kappa shape index (κ2) is 9.65. The van der Waals surface area contributed by atoms with Crippen molar-refractivity contribution in [2.24, 2.45) is 0 Å². The molecule has 0 saturated heterocycles. The van der Waals surface area contributed by atoms with E-state index >= 15 is 0 Å². The monoisotopic (exact) mass is 390 g/mol. The molecule has 4 nitrogen and oxygen atoms in total. The van der Waals surface area contributed by atoms with Crippen molar-refractivity contribution in [3.63, 3.8) is 0 Å². The second-order valence-corrected chi connectivity index (χ2v) is 7.25. The van der Waals surface area contributed by atoms with Crippen molar-refractivity contribution in [2.75, 3.05) is 19.8 Å². The summed E-state index contributed by atoms with van der Waals surface area (Å²) in [5.74, 6) is 1.67. The Morgan fingerprint density at radius 1 is 1.00 bits per heavy atom. The van der Waals surface area contributed by atoms with Crippen LogP contribution in [0.5, 0.6) is 17.2 Å². The van der Waals surface area contributed by atoms with Gasteiger partial charge in [-0.15, -0.1) is 0 Å². The summed E-state index contributed by atoms with van der Waals surface area (Å²) >= 11 is 6.21. The van der Waals surface area contributed by atoms with Crippen LogP contribution in [0.3, 0.4) is 0 Å². The SMILES string of the molecule is CCOc1cc(C=O)cc(Cl)c1OCCOc1ccc(C(C)(C)CC)cc1. The summed E-state index contributed by atoms with van der Waals surface area (Å²) in [5, 5.41) is 0.342. The Bertz CT molecular complexity index is 754. The topological polar surface area (TPSA) is 44.8 Å². The number of rotatable bonds is 10. The Morgan fingerprint density at radius 2 is 1.67 bits per heavy atom. The second-order valence-electron chi connectivity index (χ2n) is 6.84. The summed E-state index contributed by atoms with van der Waals surface area (Å²) in [6.45, 7) is 9.63. The van der Waals surface area contributed by atoms with Crippen LogP contribution >= 0.6 is 11.6 Å². The van der Waals surface area contributed by atoms with Crippen LogP contribution in [-0.2, 0) is 5.41 Å². The zero-order valence-corrected chi connectivity index (χ0v) is 17.1. The fourth-order valence-electron chi connectivity index (χ4n) is 2.57. The average Bonchev–Trinajstić information content (AvgIpc) is 2.67. The Kier molecular flexibility index (Phi) is 7.55. The molecular formula is C22H27ClO4. The van der Waals surface area contributed by atoms with E-state index in [9.17, 15) is 4.79 Å². The molecule has 0 amide bonds. The molecule has 0 aliphatic carbocycles. The highest BCUT2D eigenvalue weighted by Crippen LogP contribution is 2.36. The number of benzene rings is 2. The summed E-state index contributed by atoms with van der Waals surface area (Å²) in [4.78, 5) is 11.0. The molecule has 2 aromatic rings. The molecule has 0 N–H and O–H groups in total. The van der Waals surface area contributed by atoms with E-state index in [1.165, 1.54) is 5.56 Å². The summed E-state index contributed by atoms with van der Waals surface area (Å²) in [7, 11) is 0. The van der Waals surface area contributed by atoms with Gasteiger partial charge in [-0.3, -0.25) is 4.79 Å². The number of ether oxygens (including phenoxy) is 3. The van der Waals surface area contributed by atoms with Gasteiger partial charge in [-0.05, 0) is 48.6 Å². The fraction of sp³-hybridized carbons (Fsp3) is 0.409. The molecule has 5 heteroatoms. The number of halogens is 1. The molecule has 2 aromatic carbocycles. The van der Waals surface area contributed by atoms with Crippen molar-refractivity contribution < 1.29 is 19.0 Å². The van der Waals surface area contributed by atoms with Gasteiger partial charge in [-0.1, -0.05) is 44.5 Å². The van der Waals surface area contributed by atoms with Gasteiger partial charge in [0, 0.05) is 5.56 Å². The van der Waals surface area contributed by atoms with E-state index in [4.69, 9.17) is 25.8 Å². The molecule has 0 fully saturated rings. The van der Waals surface area contributed by atoms with Crippen LogP contribution in [0.25, 0.3) is 0 Å². The van der Waals surface area contributed by atoms with Crippen molar-refractivity contribution in [1.29, 1.82) is 0 Å². The maximum atomic E-state index is 11.0. The maximum absolute atomic E-state index is 11.0. The molecule has 0 atom stereocenters. The van der Waals surface area contributed by atoms with Crippen molar-refractivity contribution in [1.82, 2.24) is 0 Å². The van der Waals surface area contributed by atoms with E-state index in [1.54, 1.807) is 12.1 Å². The number of hydrogen-bond acceptors (Lipinski definition) is 4. The van der Waals surface area contributed by atoms with Gasteiger partial charge in [-0.2, -0.15) is 0 Å². The van der Waals surface area contributed by atoms with E-state index in [0.29, 0.717) is 41.9 Å². The van der Waals surface area contributed by atoms with Gasteiger partial charge in [-0.25, -0.2) is 0 Å². The van der Waals surface area contributed by atoms with Gasteiger partial charge in [0.25, 0.3) is 0 Å². The molecule has 0 aromatic heterocycles. The lowest BCUT2D eigenvalue weighted by molar-refractivity contribution is 0.112. The molecule has 27 heavy (non-hydrogen) atoms. The lowest BCUT2D eigenvalue weighted by atomic mass is 9.82. The van der Waals surface area contributed by atoms with Gasteiger partial charge < -0.3 is 14.2 Å². The number of carbonyl (C=O) groups is 1. The smallest absolute Gasteiger partial charge is 0.179 e. The predicted octanol–water partition coefficient (Wildman–Crippen LogP) is 5.70. The summed E-state index contributed by atoms with van der Waals surface area (Å²) in [6, 6.07) is 11.3. The summed E-state index contributed by atoms with van der Waals surface area (Å²) in [6.07, 6.45) is 1.80. The quantitative estimate of drug-likeness (QED) is 0.385. The van der Waals surface area contributed by atoms with Crippen LogP contribution in [0.1, 0.15) is 50.0 Å². The summed E-state index contributed by atoms with van der Waals surface area (Å²) < 4.78 is 17.0. The van der Waals surface area contributed by atoms with Gasteiger partial charge in [0.1, 0.15) is 25.2 Å². The van der Waals surface area contributed by atoms with E-state index in [0.717, 1.165) is 18.5 Å². The fourth-order valence-corrected chi connectivity index (χ4v) is 2.84. The first kappa shape index (κ1) is 21.1. The first-order valence-corrected chi connectivity index (χ1v) is 9.56. The molecule has 2 rings (SSSR count). The maximum Gasteiger partial charge on any atom is 0.179 e. The van der Waals surface area contributed by atoms with Crippen LogP contribution < -0.4 is 14.2 Å².